The SMILES string of the molecule is COc1ccc(C23OC4C(=O)C5CC4C2C5C(=O)N3Cc2ccccc2)cc1. The Bertz CT molecular complexity index is 972. The molecule has 4 fully saturated rings. The smallest absolute Gasteiger partial charge is 0.229 e. The molecular weight excluding hydrogens is 354 g/mol. The lowest BCUT2D eigenvalue weighted by molar-refractivity contribution is -0.176. The fourth-order valence-corrected chi connectivity index (χ4v) is 6.20. The number of Topliss-reactive ketones (excluding diaryl/α,β-unsaturated/α-hetero) is 1. The number of hydrogen-bond donors (Lipinski definition) is 0. The van der Waals surface area contributed by atoms with Crippen LogP contribution in [-0.2, 0) is 26.6 Å². The second-order valence-electron chi connectivity index (χ2n) is 8.33. The molecule has 5 nitrogen and oxygen atoms in total. The minimum Gasteiger partial charge on any atom is -0.497 e. The van der Waals surface area contributed by atoms with Crippen LogP contribution in [0.5, 0.6) is 5.75 Å². The van der Waals surface area contributed by atoms with Gasteiger partial charge in [-0.3, -0.25) is 9.59 Å². The standard InChI is InChI=1S/C23H21NO4/c1-27-15-9-7-14(8-10-15)23-19-17-11-16(20(25)21(17)28-23)18(19)22(26)24(23)12-13-5-3-2-4-6-13/h2-10,16-19,21H,11-12H2,1H3. The van der Waals surface area contributed by atoms with Gasteiger partial charge < -0.3 is 14.4 Å². The molecule has 0 spiro atoms. The fourth-order valence-electron chi connectivity index (χ4n) is 6.20. The van der Waals surface area contributed by atoms with Crippen molar-refractivity contribution >= 4 is 11.7 Å². The number of fused-ring (bicyclic) bond motifs is 2. The monoisotopic (exact) mass is 375 g/mol. The molecule has 2 aliphatic carbocycles. The predicted molar refractivity (Wildman–Crippen MR) is 100 cm³/mol. The normalized spacial score (nSPS) is 37.2. The van der Waals surface area contributed by atoms with Gasteiger partial charge in [0, 0.05) is 29.9 Å². The number of carbonyl (C=O) groups excluding carboxylic acids is 2. The van der Waals surface area contributed by atoms with Crippen LogP contribution in [0.25, 0.3) is 0 Å². The van der Waals surface area contributed by atoms with Gasteiger partial charge in [-0.05, 0) is 24.1 Å². The number of likely N-dealkylation sites (tertiary alicyclic amines) is 1. The fraction of sp³-hybridized carbons (Fsp3) is 0.391. The summed E-state index contributed by atoms with van der Waals surface area (Å²) in [5.74, 6) is 0.726. The average Bonchev–Trinajstić information content (AvgIpc) is 3.41. The van der Waals surface area contributed by atoms with Crippen LogP contribution in [0, 0.1) is 23.7 Å². The lowest BCUT2D eigenvalue weighted by atomic mass is 9.76. The van der Waals surface area contributed by atoms with Gasteiger partial charge in [-0.15, -0.1) is 0 Å². The third kappa shape index (κ3) is 1.80. The highest BCUT2D eigenvalue weighted by Crippen LogP contribution is 2.69. The molecule has 28 heavy (non-hydrogen) atoms. The van der Waals surface area contributed by atoms with E-state index in [-0.39, 0.29) is 41.5 Å². The molecule has 2 saturated heterocycles. The van der Waals surface area contributed by atoms with E-state index < -0.39 is 5.72 Å². The zero-order valence-electron chi connectivity index (χ0n) is 15.6. The van der Waals surface area contributed by atoms with E-state index in [1.807, 2.05) is 59.5 Å². The van der Waals surface area contributed by atoms with Gasteiger partial charge in [0.25, 0.3) is 0 Å². The van der Waals surface area contributed by atoms with E-state index in [0.717, 1.165) is 23.3 Å². The van der Waals surface area contributed by atoms with Crippen molar-refractivity contribution in [2.24, 2.45) is 23.7 Å². The molecule has 0 radical (unpaired) electrons. The molecule has 2 saturated carbocycles. The van der Waals surface area contributed by atoms with Crippen LogP contribution in [0.1, 0.15) is 17.5 Å². The minimum atomic E-state index is -0.861. The van der Waals surface area contributed by atoms with E-state index in [1.54, 1.807) is 7.11 Å². The first-order valence-corrected chi connectivity index (χ1v) is 9.86. The predicted octanol–water partition coefficient (Wildman–Crippen LogP) is 2.74. The van der Waals surface area contributed by atoms with Crippen LogP contribution in [0.3, 0.4) is 0 Å². The molecule has 6 unspecified atom stereocenters. The van der Waals surface area contributed by atoms with Crippen LogP contribution in [-0.4, -0.2) is 29.8 Å². The van der Waals surface area contributed by atoms with Gasteiger partial charge in [-0.1, -0.05) is 42.5 Å². The Labute approximate surface area is 163 Å². The van der Waals surface area contributed by atoms with E-state index >= 15 is 0 Å². The molecule has 0 aromatic heterocycles. The Hall–Kier alpha value is -2.66. The van der Waals surface area contributed by atoms with Gasteiger partial charge in [0.1, 0.15) is 11.9 Å². The van der Waals surface area contributed by atoms with Crippen molar-refractivity contribution in [2.45, 2.75) is 24.8 Å². The van der Waals surface area contributed by atoms with Crippen molar-refractivity contribution in [1.82, 2.24) is 4.90 Å². The third-order valence-electron chi connectivity index (χ3n) is 7.24. The number of methoxy groups -OCH3 is 1. The molecule has 5 heteroatoms. The zero-order valence-corrected chi connectivity index (χ0v) is 15.6. The van der Waals surface area contributed by atoms with Gasteiger partial charge in [-0.2, -0.15) is 0 Å². The number of rotatable bonds is 4. The van der Waals surface area contributed by atoms with E-state index in [9.17, 15) is 9.59 Å². The first-order chi connectivity index (χ1) is 13.6. The Morgan fingerprint density at radius 1 is 1.11 bits per heavy atom. The summed E-state index contributed by atoms with van der Waals surface area (Å²) < 4.78 is 11.9. The summed E-state index contributed by atoms with van der Waals surface area (Å²) in [5, 5.41) is 0. The van der Waals surface area contributed by atoms with Crippen LogP contribution in [0.15, 0.2) is 54.6 Å². The van der Waals surface area contributed by atoms with Crippen molar-refractivity contribution in [3.05, 3.63) is 65.7 Å². The lowest BCUT2D eigenvalue weighted by Gasteiger charge is -2.39. The maximum atomic E-state index is 13.5. The summed E-state index contributed by atoms with van der Waals surface area (Å²) >= 11 is 0. The molecule has 2 heterocycles. The van der Waals surface area contributed by atoms with Crippen LogP contribution in [0.4, 0.5) is 0 Å². The van der Waals surface area contributed by atoms with Crippen molar-refractivity contribution in [3.63, 3.8) is 0 Å². The van der Waals surface area contributed by atoms with E-state index in [1.165, 1.54) is 0 Å². The summed E-state index contributed by atoms with van der Waals surface area (Å²) in [6.45, 7) is 0.485. The van der Waals surface area contributed by atoms with Crippen molar-refractivity contribution in [3.8, 4) is 5.75 Å². The van der Waals surface area contributed by atoms with Gasteiger partial charge >= 0.3 is 0 Å². The molecule has 142 valence electrons. The van der Waals surface area contributed by atoms with Crippen LogP contribution in [0.2, 0.25) is 0 Å². The summed E-state index contributed by atoms with van der Waals surface area (Å²) in [5.41, 5.74) is 1.14. The quantitative estimate of drug-likeness (QED) is 0.825. The van der Waals surface area contributed by atoms with Crippen molar-refractivity contribution < 1.29 is 19.1 Å². The number of hydrogen-bond acceptors (Lipinski definition) is 4. The highest BCUT2D eigenvalue weighted by Gasteiger charge is 2.79. The maximum absolute atomic E-state index is 13.5. The first-order valence-electron chi connectivity index (χ1n) is 9.86. The highest BCUT2D eigenvalue weighted by atomic mass is 16.5. The number of nitrogens with zero attached hydrogens (tertiary/aromatic N) is 1. The number of benzene rings is 2. The molecule has 6 atom stereocenters. The molecule has 2 aromatic carbocycles. The first kappa shape index (κ1) is 16.3. The summed E-state index contributed by atoms with van der Waals surface area (Å²) in [7, 11) is 1.64. The molecule has 1 amide bonds. The van der Waals surface area contributed by atoms with Crippen molar-refractivity contribution in [2.75, 3.05) is 7.11 Å². The maximum Gasteiger partial charge on any atom is 0.229 e. The summed E-state index contributed by atoms with van der Waals surface area (Å²) in [6.07, 6.45) is 0.418. The van der Waals surface area contributed by atoms with Gasteiger partial charge in [-0.25, -0.2) is 0 Å². The number of ketones is 1. The van der Waals surface area contributed by atoms with E-state index in [4.69, 9.17) is 9.47 Å². The molecule has 6 rings (SSSR count). The average molecular weight is 375 g/mol. The number of amides is 1. The number of carbonyl (C=O) groups is 2. The highest BCUT2D eigenvalue weighted by molar-refractivity contribution is 5.98. The van der Waals surface area contributed by atoms with Gasteiger partial charge in [0.15, 0.2) is 11.5 Å². The molecule has 2 aliphatic heterocycles. The third-order valence-corrected chi connectivity index (χ3v) is 7.24. The largest absolute Gasteiger partial charge is 0.497 e. The lowest BCUT2D eigenvalue weighted by Crippen LogP contribution is -2.47. The summed E-state index contributed by atoms with van der Waals surface area (Å²) in [4.78, 5) is 28.2. The Morgan fingerprint density at radius 3 is 2.57 bits per heavy atom. The molecule has 2 bridgehead atoms. The van der Waals surface area contributed by atoms with Crippen LogP contribution >= 0.6 is 0 Å². The molecule has 4 aliphatic rings. The second-order valence-corrected chi connectivity index (χ2v) is 8.33. The Kier molecular flexibility index (Phi) is 3.17. The van der Waals surface area contributed by atoms with Crippen molar-refractivity contribution in [1.29, 1.82) is 0 Å². The zero-order chi connectivity index (χ0) is 19.0. The van der Waals surface area contributed by atoms with E-state index in [2.05, 4.69) is 0 Å². The summed E-state index contributed by atoms with van der Waals surface area (Å²) in [6, 6.07) is 17.8. The second kappa shape index (κ2) is 5.45. The molecular formula is C23H21NO4. The topological polar surface area (TPSA) is 55.8 Å². The van der Waals surface area contributed by atoms with Gasteiger partial charge in [0.05, 0.1) is 13.0 Å². The Morgan fingerprint density at radius 2 is 1.86 bits per heavy atom. The van der Waals surface area contributed by atoms with Crippen LogP contribution < -0.4 is 4.74 Å². The van der Waals surface area contributed by atoms with Gasteiger partial charge in [0.2, 0.25) is 5.91 Å². The Balaban J connectivity index is 1.51. The number of ether oxygens (including phenoxy) is 2. The van der Waals surface area contributed by atoms with E-state index in [0.29, 0.717) is 6.54 Å². The molecule has 0 N–H and O–H groups in total. The minimum absolute atomic E-state index is 0.0461. The molecule has 2 aromatic rings.